The van der Waals surface area contributed by atoms with E-state index in [4.69, 9.17) is 4.74 Å². The molecule has 1 aliphatic heterocycles. The monoisotopic (exact) mass is 239 g/mol. The van der Waals surface area contributed by atoms with Gasteiger partial charge < -0.3 is 15.2 Å². The van der Waals surface area contributed by atoms with Crippen LogP contribution in [0.1, 0.15) is 25.8 Å². The van der Waals surface area contributed by atoms with Gasteiger partial charge >= 0.3 is 0 Å². The fourth-order valence-corrected chi connectivity index (χ4v) is 2.10. The molecule has 2 N–H and O–H groups in total. The second kappa shape index (κ2) is 5.16. The minimum atomic E-state index is -0.721. The van der Waals surface area contributed by atoms with Crippen molar-refractivity contribution in [3.05, 3.63) is 18.0 Å². The number of hydrogen-bond donors (Lipinski definition) is 2. The molecule has 1 aliphatic rings. The first-order chi connectivity index (χ1) is 8.14. The summed E-state index contributed by atoms with van der Waals surface area (Å²) in [5.41, 5.74) is 0.419. The van der Waals surface area contributed by atoms with Crippen LogP contribution in [-0.4, -0.2) is 39.7 Å². The van der Waals surface area contributed by atoms with Gasteiger partial charge in [0.2, 0.25) is 0 Å². The highest BCUT2D eigenvalue weighted by Gasteiger charge is 2.38. The van der Waals surface area contributed by atoms with Gasteiger partial charge in [0.1, 0.15) is 5.60 Å². The minimum Gasteiger partial charge on any atom is -0.386 e. The molecule has 2 unspecified atom stereocenters. The highest BCUT2D eigenvalue weighted by atomic mass is 16.5. The van der Waals surface area contributed by atoms with Crippen molar-refractivity contribution in [2.24, 2.45) is 0 Å². The quantitative estimate of drug-likeness (QED) is 0.787. The summed E-state index contributed by atoms with van der Waals surface area (Å²) in [5, 5.41) is 17.8. The Morgan fingerprint density at radius 3 is 3.12 bits per heavy atom. The lowest BCUT2D eigenvalue weighted by Crippen LogP contribution is -2.45. The van der Waals surface area contributed by atoms with Gasteiger partial charge in [0.05, 0.1) is 12.3 Å². The van der Waals surface area contributed by atoms with Crippen molar-refractivity contribution in [2.45, 2.75) is 45.1 Å². The zero-order chi connectivity index (χ0) is 12.3. The smallest absolute Gasteiger partial charge is 0.105 e. The van der Waals surface area contributed by atoms with Crippen LogP contribution >= 0.6 is 0 Å². The summed E-state index contributed by atoms with van der Waals surface area (Å²) in [6, 6.07) is 0. The third-order valence-corrected chi connectivity index (χ3v) is 3.43. The number of nitrogens with zero attached hydrogens (tertiary/aromatic N) is 2. The Labute approximate surface area is 102 Å². The van der Waals surface area contributed by atoms with Crippen LogP contribution in [0.15, 0.2) is 12.4 Å². The van der Waals surface area contributed by atoms with E-state index in [1.165, 1.54) is 0 Å². The van der Waals surface area contributed by atoms with Crippen molar-refractivity contribution in [3.8, 4) is 0 Å². The molecule has 17 heavy (non-hydrogen) atoms. The van der Waals surface area contributed by atoms with Gasteiger partial charge in [0.15, 0.2) is 0 Å². The van der Waals surface area contributed by atoms with Crippen molar-refractivity contribution in [1.82, 2.24) is 15.1 Å². The standard InChI is InChI=1S/C12H21N3O2/c1-3-15-8-11(7-14-15)6-13-9-12(16)4-5-17-10(12)2/h7-8,10,13,16H,3-6,9H2,1-2H3. The average molecular weight is 239 g/mol. The molecule has 0 saturated carbocycles. The fourth-order valence-electron chi connectivity index (χ4n) is 2.10. The Bertz CT molecular complexity index is 366. The molecule has 2 rings (SSSR count). The van der Waals surface area contributed by atoms with Crippen LogP contribution in [0.25, 0.3) is 0 Å². The van der Waals surface area contributed by atoms with E-state index in [2.05, 4.69) is 17.3 Å². The number of hydrogen-bond acceptors (Lipinski definition) is 4. The molecule has 0 bridgehead atoms. The Kier molecular flexibility index (Phi) is 3.81. The van der Waals surface area contributed by atoms with Crippen LogP contribution in [0.2, 0.25) is 0 Å². The molecule has 96 valence electrons. The predicted octanol–water partition coefficient (Wildman–Crippen LogP) is 0.532. The maximum absolute atomic E-state index is 10.3. The minimum absolute atomic E-state index is 0.0895. The SMILES string of the molecule is CCn1cc(CNCC2(O)CCOC2C)cn1. The number of ether oxygens (including phenoxy) is 1. The Balaban J connectivity index is 1.79. The highest BCUT2D eigenvalue weighted by Crippen LogP contribution is 2.24. The lowest BCUT2D eigenvalue weighted by atomic mass is 9.97. The fraction of sp³-hybridized carbons (Fsp3) is 0.750. The highest BCUT2D eigenvalue weighted by molar-refractivity contribution is 5.03. The molecule has 1 aromatic rings. The van der Waals surface area contributed by atoms with E-state index >= 15 is 0 Å². The molecular formula is C12H21N3O2. The Morgan fingerprint density at radius 2 is 2.53 bits per heavy atom. The van der Waals surface area contributed by atoms with Crippen LogP contribution in [0.5, 0.6) is 0 Å². The van der Waals surface area contributed by atoms with Crippen molar-refractivity contribution >= 4 is 0 Å². The predicted molar refractivity (Wildman–Crippen MR) is 64.6 cm³/mol. The molecule has 0 spiro atoms. The second-order valence-corrected chi connectivity index (χ2v) is 4.67. The summed E-state index contributed by atoms with van der Waals surface area (Å²) in [7, 11) is 0. The van der Waals surface area contributed by atoms with Gasteiger partial charge in [-0.3, -0.25) is 4.68 Å². The number of rotatable bonds is 5. The zero-order valence-corrected chi connectivity index (χ0v) is 10.5. The molecule has 2 atom stereocenters. The molecule has 1 saturated heterocycles. The number of aryl methyl sites for hydroxylation is 1. The van der Waals surface area contributed by atoms with Crippen molar-refractivity contribution in [2.75, 3.05) is 13.2 Å². The Hall–Kier alpha value is -0.910. The summed E-state index contributed by atoms with van der Waals surface area (Å²) in [6.45, 7) is 6.80. The van der Waals surface area contributed by atoms with Crippen LogP contribution in [-0.2, 0) is 17.8 Å². The molecule has 0 amide bonds. The lowest BCUT2D eigenvalue weighted by Gasteiger charge is -2.26. The third kappa shape index (κ3) is 2.86. The van der Waals surface area contributed by atoms with E-state index in [0.717, 1.165) is 18.7 Å². The molecule has 1 fully saturated rings. The number of aliphatic hydroxyl groups is 1. The van der Waals surface area contributed by atoms with Crippen LogP contribution < -0.4 is 5.32 Å². The molecule has 5 nitrogen and oxygen atoms in total. The van der Waals surface area contributed by atoms with E-state index in [1.54, 1.807) is 0 Å². The van der Waals surface area contributed by atoms with Crippen LogP contribution in [0, 0.1) is 0 Å². The molecule has 0 aliphatic carbocycles. The van der Waals surface area contributed by atoms with Gasteiger partial charge in [-0.1, -0.05) is 0 Å². The van der Waals surface area contributed by atoms with Crippen molar-refractivity contribution < 1.29 is 9.84 Å². The van der Waals surface area contributed by atoms with Gasteiger partial charge in [0, 0.05) is 44.4 Å². The molecule has 5 heteroatoms. The number of nitrogens with one attached hydrogen (secondary N) is 1. The molecular weight excluding hydrogens is 218 g/mol. The Morgan fingerprint density at radius 1 is 1.71 bits per heavy atom. The lowest BCUT2D eigenvalue weighted by molar-refractivity contribution is -0.0262. The summed E-state index contributed by atoms with van der Waals surface area (Å²) in [5.74, 6) is 0. The van der Waals surface area contributed by atoms with E-state index in [0.29, 0.717) is 19.6 Å². The van der Waals surface area contributed by atoms with E-state index in [1.807, 2.05) is 24.0 Å². The van der Waals surface area contributed by atoms with E-state index < -0.39 is 5.60 Å². The zero-order valence-electron chi connectivity index (χ0n) is 10.5. The van der Waals surface area contributed by atoms with Gasteiger partial charge in [-0.15, -0.1) is 0 Å². The van der Waals surface area contributed by atoms with Crippen LogP contribution in [0.4, 0.5) is 0 Å². The van der Waals surface area contributed by atoms with E-state index in [9.17, 15) is 5.11 Å². The van der Waals surface area contributed by atoms with Gasteiger partial charge in [-0.25, -0.2) is 0 Å². The van der Waals surface area contributed by atoms with Crippen molar-refractivity contribution in [3.63, 3.8) is 0 Å². The van der Waals surface area contributed by atoms with Crippen molar-refractivity contribution in [1.29, 1.82) is 0 Å². The van der Waals surface area contributed by atoms with Gasteiger partial charge in [-0.05, 0) is 13.8 Å². The molecule has 0 radical (unpaired) electrons. The second-order valence-electron chi connectivity index (χ2n) is 4.67. The summed E-state index contributed by atoms with van der Waals surface area (Å²) < 4.78 is 7.28. The summed E-state index contributed by atoms with van der Waals surface area (Å²) >= 11 is 0. The van der Waals surface area contributed by atoms with E-state index in [-0.39, 0.29) is 6.10 Å². The molecule has 2 heterocycles. The normalized spacial score (nSPS) is 28.8. The van der Waals surface area contributed by atoms with Crippen LogP contribution in [0.3, 0.4) is 0 Å². The largest absolute Gasteiger partial charge is 0.386 e. The summed E-state index contributed by atoms with van der Waals surface area (Å²) in [4.78, 5) is 0. The maximum atomic E-state index is 10.3. The first kappa shape index (κ1) is 12.5. The first-order valence-corrected chi connectivity index (χ1v) is 6.20. The number of aromatic nitrogens is 2. The summed E-state index contributed by atoms with van der Waals surface area (Å²) in [6.07, 6.45) is 4.49. The third-order valence-electron chi connectivity index (χ3n) is 3.43. The first-order valence-electron chi connectivity index (χ1n) is 6.20. The average Bonchev–Trinajstić information content (AvgIpc) is 2.88. The maximum Gasteiger partial charge on any atom is 0.105 e. The molecule has 1 aromatic heterocycles. The van der Waals surface area contributed by atoms with Gasteiger partial charge in [0.25, 0.3) is 0 Å². The molecule has 0 aromatic carbocycles. The van der Waals surface area contributed by atoms with Gasteiger partial charge in [-0.2, -0.15) is 5.10 Å². The topological polar surface area (TPSA) is 59.3 Å².